The molecule has 23 heavy (non-hydrogen) atoms. The maximum absolute atomic E-state index is 12.1. The van der Waals surface area contributed by atoms with Crippen LogP contribution in [0.2, 0.25) is 0 Å². The van der Waals surface area contributed by atoms with Crippen LogP contribution in [0, 0.1) is 5.92 Å². The van der Waals surface area contributed by atoms with Crippen LogP contribution in [0.15, 0.2) is 24.3 Å². The van der Waals surface area contributed by atoms with Gasteiger partial charge in [-0.05, 0) is 49.9 Å². The summed E-state index contributed by atoms with van der Waals surface area (Å²) in [5, 5.41) is 6.17. The number of carbonyl (C=O) groups is 2. The lowest BCUT2D eigenvalue weighted by Gasteiger charge is -2.15. The normalized spacial score (nSPS) is 20.7. The molecule has 2 aliphatic heterocycles. The van der Waals surface area contributed by atoms with E-state index in [-0.39, 0.29) is 17.7 Å². The fourth-order valence-electron chi connectivity index (χ4n) is 3.25. The molecule has 3 rings (SSSR count). The molecule has 2 fully saturated rings. The molecule has 2 N–H and O–H groups in total. The fraction of sp³-hybridized carbons (Fsp3) is 0.556. The van der Waals surface area contributed by atoms with Crippen molar-refractivity contribution in [2.45, 2.75) is 32.1 Å². The van der Waals surface area contributed by atoms with Crippen LogP contribution in [-0.2, 0) is 16.0 Å². The number of likely N-dealkylation sites (tertiary alicyclic amines) is 1. The number of benzene rings is 1. The first-order valence-corrected chi connectivity index (χ1v) is 8.61. The van der Waals surface area contributed by atoms with Gasteiger partial charge in [0.25, 0.3) is 0 Å². The van der Waals surface area contributed by atoms with Crippen LogP contribution in [0.5, 0.6) is 0 Å². The maximum Gasteiger partial charge on any atom is 0.228 e. The summed E-state index contributed by atoms with van der Waals surface area (Å²) < 4.78 is 0. The topological polar surface area (TPSA) is 61.4 Å². The molecule has 2 heterocycles. The minimum atomic E-state index is 0.0766. The zero-order valence-electron chi connectivity index (χ0n) is 13.5. The van der Waals surface area contributed by atoms with Gasteiger partial charge >= 0.3 is 0 Å². The van der Waals surface area contributed by atoms with Gasteiger partial charge in [0.05, 0.1) is 5.92 Å². The minimum absolute atomic E-state index is 0.0766. The minimum Gasteiger partial charge on any atom is -0.343 e. The number of nitrogens with zero attached hydrogens (tertiary/aromatic N) is 1. The van der Waals surface area contributed by atoms with Crippen molar-refractivity contribution < 1.29 is 9.59 Å². The Morgan fingerprint density at radius 2 is 1.91 bits per heavy atom. The summed E-state index contributed by atoms with van der Waals surface area (Å²) in [5.74, 6) is 0.424. The molecule has 0 aromatic heterocycles. The van der Waals surface area contributed by atoms with E-state index in [2.05, 4.69) is 10.6 Å². The Balaban J connectivity index is 1.46. The first-order chi connectivity index (χ1) is 11.2. The summed E-state index contributed by atoms with van der Waals surface area (Å²) in [6.07, 6.45) is 4.51. The molecule has 0 radical (unpaired) electrons. The predicted molar refractivity (Wildman–Crippen MR) is 90.2 cm³/mol. The Bertz CT molecular complexity index is 544. The summed E-state index contributed by atoms with van der Waals surface area (Å²) >= 11 is 0. The van der Waals surface area contributed by atoms with Gasteiger partial charge < -0.3 is 15.5 Å². The van der Waals surface area contributed by atoms with Gasteiger partial charge in [-0.25, -0.2) is 0 Å². The molecule has 2 aliphatic rings. The second-order valence-corrected chi connectivity index (χ2v) is 6.46. The average molecular weight is 315 g/mol. The maximum atomic E-state index is 12.1. The van der Waals surface area contributed by atoms with Crippen LogP contribution in [0.3, 0.4) is 0 Å². The van der Waals surface area contributed by atoms with Crippen molar-refractivity contribution >= 4 is 17.5 Å². The fourth-order valence-corrected chi connectivity index (χ4v) is 3.25. The van der Waals surface area contributed by atoms with E-state index in [4.69, 9.17) is 0 Å². The lowest BCUT2D eigenvalue weighted by molar-refractivity contribution is -0.130. The van der Waals surface area contributed by atoms with Crippen LogP contribution in [0.25, 0.3) is 0 Å². The highest BCUT2D eigenvalue weighted by Crippen LogP contribution is 2.16. The smallest absolute Gasteiger partial charge is 0.228 e. The molecule has 1 aromatic rings. The highest BCUT2D eigenvalue weighted by Gasteiger charge is 2.22. The largest absolute Gasteiger partial charge is 0.343 e. The summed E-state index contributed by atoms with van der Waals surface area (Å²) in [4.78, 5) is 26.1. The molecule has 0 saturated carbocycles. The number of anilines is 1. The van der Waals surface area contributed by atoms with E-state index < -0.39 is 0 Å². The van der Waals surface area contributed by atoms with Crippen molar-refractivity contribution in [3.63, 3.8) is 0 Å². The molecule has 1 unspecified atom stereocenters. The van der Waals surface area contributed by atoms with Gasteiger partial charge in [0.1, 0.15) is 0 Å². The lowest BCUT2D eigenvalue weighted by Crippen LogP contribution is -2.27. The zero-order valence-corrected chi connectivity index (χ0v) is 13.5. The van der Waals surface area contributed by atoms with Crippen molar-refractivity contribution in [1.29, 1.82) is 0 Å². The SMILES string of the molecule is O=C(Nc1ccc(CCC(=O)N2CCCC2)cc1)C1CCNC1. The molecular formula is C18H25N3O2. The predicted octanol–water partition coefficient (Wildman–Crippen LogP) is 1.79. The highest BCUT2D eigenvalue weighted by atomic mass is 16.2. The third-order valence-electron chi connectivity index (χ3n) is 4.74. The van der Waals surface area contributed by atoms with E-state index in [0.29, 0.717) is 6.42 Å². The Morgan fingerprint density at radius 3 is 2.57 bits per heavy atom. The second-order valence-electron chi connectivity index (χ2n) is 6.46. The first kappa shape index (κ1) is 16.0. The Labute approximate surface area is 137 Å². The Morgan fingerprint density at radius 1 is 1.17 bits per heavy atom. The molecule has 0 aliphatic carbocycles. The van der Waals surface area contributed by atoms with E-state index >= 15 is 0 Å². The molecule has 124 valence electrons. The third-order valence-corrected chi connectivity index (χ3v) is 4.74. The number of aryl methyl sites for hydroxylation is 1. The average Bonchev–Trinajstić information content (AvgIpc) is 3.27. The lowest BCUT2D eigenvalue weighted by atomic mass is 10.1. The second kappa shape index (κ2) is 7.59. The molecular weight excluding hydrogens is 290 g/mol. The summed E-state index contributed by atoms with van der Waals surface area (Å²) in [6.45, 7) is 3.52. The van der Waals surface area contributed by atoms with Gasteiger partial charge in [-0.1, -0.05) is 12.1 Å². The number of rotatable bonds is 5. The third kappa shape index (κ3) is 4.32. The highest BCUT2D eigenvalue weighted by molar-refractivity contribution is 5.92. The van der Waals surface area contributed by atoms with Gasteiger partial charge in [0.15, 0.2) is 0 Å². The van der Waals surface area contributed by atoms with Crippen molar-refractivity contribution in [2.24, 2.45) is 5.92 Å². The van der Waals surface area contributed by atoms with Gasteiger partial charge in [0, 0.05) is 31.7 Å². The Kier molecular flexibility index (Phi) is 5.28. The van der Waals surface area contributed by atoms with Crippen LogP contribution >= 0.6 is 0 Å². The molecule has 0 spiro atoms. The Hall–Kier alpha value is -1.88. The van der Waals surface area contributed by atoms with Crippen LogP contribution in [0.4, 0.5) is 5.69 Å². The first-order valence-electron chi connectivity index (χ1n) is 8.61. The molecule has 5 heteroatoms. The van der Waals surface area contributed by atoms with Crippen molar-refractivity contribution in [3.8, 4) is 0 Å². The van der Waals surface area contributed by atoms with Crippen molar-refractivity contribution in [3.05, 3.63) is 29.8 Å². The monoisotopic (exact) mass is 315 g/mol. The van der Waals surface area contributed by atoms with Gasteiger partial charge in [-0.3, -0.25) is 9.59 Å². The summed E-state index contributed by atoms with van der Waals surface area (Å²) in [5.41, 5.74) is 1.97. The zero-order chi connectivity index (χ0) is 16.1. The number of amides is 2. The molecule has 1 atom stereocenters. The van der Waals surface area contributed by atoms with E-state index in [0.717, 1.165) is 63.1 Å². The van der Waals surface area contributed by atoms with Gasteiger partial charge in [-0.15, -0.1) is 0 Å². The standard InChI is InChI=1S/C18H25N3O2/c22-17(21-11-1-2-12-21)8-5-14-3-6-16(7-4-14)20-18(23)15-9-10-19-13-15/h3-4,6-7,15,19H,1-2,5,8-13H2,(H,20,23). The summed E-state index contributed by atoms with van der Waals surface area (Å²) in [7, 11) is 0. The number of hydrogen-bond acceptors (Lipinski definition) is 3. The van der Waals surface area contributed by atoms with E-state index in [9.17, 15) is 9.59 Å². The molecule has 2 saturated heterocycles. The quantitative estimate of drug-likeness (QED) is 0.871. The van der Waals surface area contributed by atoms with E-state index in [1.165, 1.54) is 0 Å². The van der Waals surface area contributed by atoms with E-state index in [1.807, 2.05) is 29.2 Å². The van der Waals surface area contributed by atoms with Crippen LogP contribution < -0.4 is 10.6 Å². The van der Waals surface area contributed by atoms with Crippen molar-refractivity contribution in [2.75, 3.05) is 31.5 Å². The van der Waals surface area contributed by atoms with E-state index in [1.54, 1.807) is 0 Å². The molecule has 0 bridgehead atoms. The number of nitrogens with one attached hydrogen (secondary N) is 2. The van der Waals surface area contributed by atoms with Crippen LogP contribution in [0.1, 0.15) is 31.2 Å². The number of hydrogen-bond donors (Lipinski definition) is 2. The molecule has 2 amide bonds. The van der Waals surface area contributed by atoms with Gasteiger partial charge in [0.2, 0.25) is 11.8 Å². The summed E-state index contributed by atoms with van der Waals surface area (Å²) in [6, 6.07) is 7.85. The van der Waals surface area contributed by atoms with Crippen molar-refractivity contribution in [1.82, 2.24) is 10.2 Å². The number of carbonyl (C=O) groups excluding carboxylic acids is 2. The van der Waals surface area contributed by atoms with Gasteiger partial charge in [-0.2, -0.15) is 0 Å². The molecule has 5 nitrogen and oxygen atoms in total. The molecule has 1 aromatic carbocycles. The van der Waals surface area contributed by atoms with Crippen LogP contribution in [-0.4, -0.2) is 42.9 Å².